The van der Waals surface area contributed by atoms with Crippen molar-refractivity contribution >= 4 is 34.9 Å². The molecule has 106 valence electrons. The molecule has 21 heavy (non-hydrogen) atoms. The van der Waals surface area contributed by atoms with Crippen LogP contribution in [0.4, 0.5) is 4.79 Å². The van der Waals surface area contributed by atoms with Gasteiger partial charge in [-0.1, -0.05) is 47.5 Å². The van der Waals surface area contributed by atoms with Gasteiger partial charge in [0.15, 0.2) is 0 Å². The molecule has 2 amide bonds. The summed E-state index contributed by atoms with van der Waals surface area (Å²) in [7, 11) is 0. The van der Waals surface area contributed by atoms with E-state index in [4.69, 9.17) is 23.2 Å². The topological polar surface area (TPSA) is 41.1 Å². The lowest BCUT2D eigenvalue weighted by Crippen LogP contribution is -2.40. The maximum atomic E-state index is 11.8. The average molecular weight is 319 g/mol. The zero-order valence-electron chi connectivity index (χ0n) is 10.9. The average Bonchev–Trinajstić information content (AvgIpc) is 2.48. The summed E-state index contributed by atoms with van der Waals surface area (Å²) in [5, 5.41) is 7.00. The number of benzene rings is 2. The first-order valence-electron chi connectivity index (χ1n) is 6.42. The van der Waals surface area contributed by atoms with Crippen LogP contribution in [0, 0.1) is 0 Å². The van der Waals surface area contributed by atoms with Gasteiger partial charge in [0, 0.05) is 15.7 Å². The first-order chi connectivity index (χ1) is 10.1. The van der Waals surface area contributed by atoms with Crippen LogP contribution in [0.3, 0.4) is 0 Å². The predicted octanol–water partition coefficient (Wildman–Crippen LogP) is 4.39. The second kappa shape index (κ2) is 5.80. The molecule has 0 aromatic heterocycles. The number of hydrogen-bond acceptors (Lipinski definition) is 1. The van der Waals surface area contributed by atoms with Gasteiger partial charge in [-0.3, -0.25) is 0 Å². The van der Waals surface area contributed by atoms with Crippen molar-refractivity contribution in [2.75, 3.05) is 0 Å². The van der Waals surface area contributed by atoms with Gasteiger partial charge in [0.2, 0.25) is 0 Å². The van der Waals surface area contributed by atoms with Crippen molar-refractivity contribution in [2.45, 2.75) is 6.04 Å². The van der Waals surface area contributed by atoms with Crippen LogP contribution in [0.15, 0.2) is 54.6 Å². The zero-order valence-corrected chi connectivity index (χ0v) is 12.4. The molecule has 0 spiro atoms. The molecular weight excluding hydrogens is 307 g/mol. The molecule has 0 saturated carbocycles. The first kappa shape index (κ1) is 14.0. The highest BCUT2D eigenvalue weighted by Gasteiger charge is 2.20. The van der Waals surface area contributed by atoms with Gasteiger partial charge in [0.1, 0.15) is 0 Å². The Labute approximate surface area is 132 Å². The molecule has 2 N–H and O–H groups in total. The molecule has 1 unspecified atom stereocenters. The molecule has 0 aliphatic carbocycles. The second-order valence-electron chi connectivity index (χ2n) is 4.71. The minimum atomic E-state index is -0.234. The molecule has 3 rings (SSSR count). The third-order valence-corrected chi connectivity index (χ3v) is 3.76. The van der Waals surface area contributed by atoms with Crippen molar-refractivity contribution in [3.8, 4) is 0 Å². The van der Waals surface area contributed by atoms with E-state index in [9.17, 15) is 4.79 Å². The highest BCUT2D eigenvalue weighted by atomic mass is 35.5. The van der Waals surface area contributed by atoms with Crippen molar-refractivity contribution in [1.82, 2.24) is 10.6 Å². The van der Waals surface area contributed by atoms with Gasteiger partial charge in [-0.15, -0.1) is 0 Å². The number of carbonyl (C=O) groups excluding carboxylic acids is 1. The Kier molecular flexibility index (Phi) is 3.86. The zero-order chi connectivity index (χ0) is 14.8. The summed E-state index contributed by atoms with van der Waals surface area (Å²) < 4.78 is 0. The smallest absolute Gasteiger partial charge is 0.319 e. The van der Waals surface area contributed by atoms with Crippen LogP contribution in [-0.2, 0) is 0 Å². The van der Waals surface area contributed by atoms with Crippen LogP contribution in [0.2, 0.25) is 10.0 Å². The Morgan fingerprint density at radius 2 is 1.43 bits per heavy atom. The second-order valence-corrected chi connectivity index (χ2v) is 5.59. The fourth-order valence-corrected chi connectivity index (χ4v) is 2.45. The molecule has 2 aromatic carbocycles. The van der Waals surface area contributed by atoms with Crippen LogP contribution >= 0.6 is 23.2 Å². The predicted molar refractivity (Wildman–Crippen MR) is 85.3 cm³/mol. The minimum absolute atomic E-state index is 0.193. The lowest BCUT2D eigenvalue weighted by Gasteiger charge is -2.24. The molecule has 1 atom stereocenters. The van der Waals surface area contributed by atoms with E-state index in [1.165, 1.54) is 0 Å². The number of halogens is 2. The SMILES string of the molecule is O=C1NC(c2ccc(Cl)cc2)=CC(c2ccc(Cl)cc2)N1. The van der Waals surface area contributed by atoms with Gasteiger partial charge >= 0.3 is 6.03 Å². The van der Waals surface area contributed by atoms with Crippen LogP contribution < -0.4 is 10.6 Å². The molecule has 3 nitrogen and oxygen atoms in total. The van der Waals surface area contributed by atoms with Gasteiger partial charge in [0.25, 0.3) is 0 Å². The van der Waals surface area contributed by atoms with E-state index < -0.39 is 0 Å². The van der Waals surface area contributed by atoms with E-state index in [2.05, 4.69) is 10.6 Å². The molecule has 1 aliphatic heterocycles. The number of urea groups is 1. The number of nitrogens with one attached hydrogen (secondary N) is 2. The summed E-state index contributed by atoms with van der Waals surface area (Å²) in [6.07, 6.45) is 1.97. The lowest BCUT2D eigenvalue weighted by molar-refractivity contribution is 0.241. The lowest BCUT2D eigenvalue weighted by atomic mass is 10.0. The van der Waals surface area contributed by atoms with Gasteiger partial charge in [0.05, 0.1) is 6.04 Å². The molecule has 0 radical (unpaired) electrons. The maximum absolute atomic E-state index is 11.8. The largest absolute Gasteiger partial charge is 0.327 e. The summed E-state index contributed by atoms with van der Waals surface area (Å²) >= 11 is 11.8. The summed E-state index contributed by atoms with van der Waals surface area (Å²) in [5.74, 6) is 0. The summed E-state index contributed by atoms with van der Waals surface area (Å²) in [6, 6.07) is 14.3. The molecule has 0 fully saturated rings. The Balaban J connectivity index is 1.95. The fraction of sp³-hybridized carbons (Fsp3) is 0.0625. The highest BCUT2D eigenvalue weighted by Crippen LogP contribution is 2.25. The van der Waals surface area contributed by atoms with E-state index >= 15 is 0 Å². The highest BCUT2D eigenvalue weighted by molar-refractivity contribution is 6.30. The molecular formula is C16H12Cl2N2O. The molecule has 2 aromatic rings. The van der Waals surface area contributed by atoms with Gasteiger partial charge in [-0.05, 0) is 41.5 Å². The van der Waals surface area contributed by atoms with Crippen molar-refractivity contribution in [1.29, 1.82) is 0 Å². The van der Waals surface area contributed by atoms with Crippen LogP contribution in [0.5, 0.6) is 0 Å². The molecule has 1 aliphatic rings. The number of hydrogen-bond donors (Lipinski definition) is 2. The third kappa shape index (κ3) is 3.20. The van der Waals surface area contributed by atoms with E-state index in [1.54, 1.807) is 24.3 Å². The van der Waals surface area contributed by atoms with Crippen LogP contribution in [0.25, 0.3) is 5.70 Å². The fourth-order valence-electron chi connectivity index (χ4n) is 2.20. The van der Waals surface area contributed by atoms with Crippen molar-refractivity contribution in [3.05, 3.63) is 75.8 Å². The first-order valence-corrected chi connectivity index (χ1v) is 7.18. The summed E-state index contributed by atoms with van der Waals surface area (Å²) in [4.78, 5) is 11.8. The molecule has 0 saturated heterocycles. The maximum Gasteiger partial charge on any atom is 0.319 e. The molecule has 0 bridgehead atoms. The van der Waals surface area contributed by atoms with Crippen LogP contribution in [0.1, 0.15) is 17.2 Å². The van der Waals surface area contributed by atoms with Crippen LogP contribution in [-0.4, -0.2) is 6.03 Å². The van der Waals surface area contributed by atoms with E-state index in [1.807, 2.05) is 30.3 Å². The number of amides is 2. The standard InChI is InChI=1S/C16H12Cl2N2O/c17-12-5-1-10(2-6-12)14-9-15(20-16(21)19-14)11-3-7-13(18)8-4-11/h1-9,14H,(H2,19,20,21). The van der Waals surface area contributed by atoms with E-state index in [0.29, 0.717) is 10.0 Å². The summed E-state index contributed by atoms with van der Waals surface area (Å²) in [6.45, 7) is 0. The third-order valence-electron chi connectivity index (χ3n) is 3.25. The molecule has 1 heterocycles. The van der Waals surface area contributed by atoms with E-state index in [0.717, 1.165) is 16.8 Å². The van der Waals surface area contributed by atoms with Gasteiger partial charge < -0.3 is 10.6 Å². The minimum Gasteiger partial charge on any atom is -0.327 e. The Bertz CT molecular complexity index is 693. The monoisotopic (exact) mass is 318 g/mol. The number of rotatable bonds is 2. The van der Waals surface area contributed by atoms with E-state index in [-0.39, 0.29) is 12.1 Å². The van der Waals surface area contributed by atoms with Gasteiger partial charge in [-0.2, -0.15) is 0 Å². The van der Waals surface area contributed by atoms with Crippen molar-refractivity contribution in [2.24, 2.45) is 0 Å². The Morgan fingerprint density at radius 3 is 2.05 bits per heavy atom. The molecule has 5 heteroatoms. The van der Waals surface area contributed by atoms with Gasteiger partial charge in [-0.25, -0.2) is 4.79 Å². The Morgan fingerprint density at radius 1 is 0.857 bits per heavy atom. The quantitative estimate of drug-likeness (QED) is 0.847. The van der Waals surface area contributed by atoms with Crippen molar-refractivity contribution in [3.63, 3.8) is 0 Å². The normalized spacial score (nSPS) is 17.7. The Hall–Kier alpha value is -1.97. The number of carbonyl (C=O) groups is 1. The van der Waals surface area contributed by atoms with Crippen molar-refractivity contribution < 1.29 is 4.79 Å². The summed E-state index contributed by atoms with van der Waals surface area (Å²) in [5.41, 5.74) is 2.64.